The molecule has 0 bridgehead atoms. The zero-order valence-corrected chi connectivity index (χ0v) is 15.8. The third kappa shape index (κ3) is 4.17. The van der Waals surface area contributed by atoms with Crippen LogP contribution in [0.4, 0.5) is 5.69 Å². The molecule has 4 rings (SSSR count). The third-order valence-electron chi connectivity index (χ3n) is 4.92. The van der Waals surface area contributed by atoms with Crippen LogP contribution in [0.25, 0.3) is 0 Å². The number of ether oxygens (including phenoxy) is 2. The maximum absolute atomic E-state index is 12.7. The molecule has 2 fully saturated rings. The van der Waals surface area contributed by atoms with Crippen LogP contribution in [0.3, 0.4) is 0 Å². The van der Waals surface area contributed by atoms with E-state index < -0.39 is 0 Å². The van der Waals surface area contributed by atoms with Gasteiger partial charge in [0.15, 0.2) is 0 Å². The molecule has 0 spiro atoms. The van der Waals surface area contributed by atoms with Gasteiger partial charge in [-0.05, 0) is 18.2 Å². The predicted octanol–water partition coefficient (Wildman–Crippen LogP) is 2.87. The molecule has 2 aromatic rings. The van der Waals surface area contributed by atoms with Gasteiger partial charge >= 0.3 is 0 Å². The Hall–Kier alpha value is -2.31. The highest BCUT2D eigenvalue weighted by Crippen LogP contribution is 2.26. The number of carbonyl (C=O) groups is 1. The molecule has 27 heavy (non-hydrogen) atoms. The zero-order valence-electron chi connectivity index (χ0n) is 15.0. The highest BCUT2D eigenvalue weighted by molar-refractivity contribution is 6.33. The van der Waals surface area contributed by atoms with Crippen molar-refractivity contribution in [2.75, 3.05) is 44.3 Å². The van der Waals surface area contributed by atoms with Crippen molar-refractivity contribution in [2.24, 2.45) is 0 Å². The Bertz CT molecular complexity index is 785. The Morgan fingerprint density at radius 3 is 2.63 bits per heavy atom. The van der Waals surface area contributed by atoms with Crippen molar-refractivity contribution in [3.63, 3.8) is 0 Å². The van der Waals surface area contributed by atoms with Gasteiger partial charge in [0, 0.05) is 44.9 Å². The monoisotopic (exact) mass is 387 g/mol. The standard InChI is InChI=1S/C20H22ClN3O3/c21-17-3-1-2-4-18(17)23-8-10-24(11-9-23)20(25)15-5-6-19(22-13-15)27-16-7-12-26-14-16/h1-6,13,16H,7-12,14H2/t16-/m0/s1. The quantitative estimate of drug-likeness (QED) is 0.807. The maximum atomic E-state index is 12.7. The number of amides is 1. The molecule has 6 nitrogen and oxygen atoms in total. The average molecular weight is 388 g/mol. The minimum Gasteiger partial charge on any atom is -0.472 e. The molecule has 2 aliphatic rings. The van der Waals surface area contributed by atoms with Gasteiger partial charge in [0.25, 0.3) is 5.91 Å². The Labute approximate surface area is 163 Å². The van der Waals surface area contributed by atoms with Crippen LogP contribution in [-0.4, -0.2) is 61.3 Å². The van der Waals surface area contributed by atoms with Crippen molar-refractivity contribution in [2.45, 2.75) is 12.5 Å². The van der Waals surface area contributed by atoms with Crippen LogP contribution in [0, 0.1) is 0 Å². The molecule has 0 unspecified atom stereocenters. The van der Waals surface area contributed by atoms with E-state index in [1.165, 1.54) is 0 Å². The van der Waals surface area contributed by atoms with Gasteiger partial charge in [-0.2, -0.15) is 0 Å². The zero-order chi connectivity index (χ0) is 18.6. The number of pyridine rings is 1. The fourth-order valence-corrected chi connectivity index (χ4v) is 3.65. The molecule has 7 heteroatoms. The third-order valence-corrected chi connectivity index (χ3v) is 5.24. The molecule has 2 saturated heterocycles. The Morgan fingerprint density at radius 2 is 1.96 bits per heavy atom. The van der Waals surface area contributed by atoms with Crippen molar-refractivity contribution < 1.29 is 14.3 Å². The lowest BCUT2D eigenvalue weighted by Gasteiger charge is -2.36. The molecular weight excluding hydrogens is 366 g/mol. The SMILES string of the molecule is O=C(c1ccc(O[C@H]2CCOC2)nc1)N1CCN(c2ccccc2Cl)CC1. The fraction of sp³-hybridized carbons (Fsp3) is 0.400. The number of piperazine rings is 1. The number of benzene rings is 1. The Balaban J connectivity index is 1.34. The first kappa shape index (κ1) is 18.1. The molecule has 0 N–H and O–H groups in total. The molecule has 1 aromatic heterocycles. The second-order valence-electron chi connectivity index (χ2n) is 6.72. The Morgan fingerprint density at radius 1 is 1.15 bits per heavy atom. The van der Waals surface area contributed by atoms with Crippen molar-refractivity contribution in [3.05, 3.63) is 53.2 Å². The second-order valence-corrected chi connectivity index (χ2v) is 7.13. The summed E-state index contributed by atoms with van der Waals surface area (Å²) in [6.45, 7) is 4.14. The van der Waals surface area contributed by atoms with E-state index in [0.717, 1.165) is 36.8 Å². The van der Waals surface area contributed by atoms with Crippen LogP contribution in [0.1, 0.15) is 16.8 Å². The number of carbonyl (C=O) groups excluding carboxylic acids is 1. The first-order valence-electron chi connectivity index (χ1n) is 9.20. The average Bonchev–Trinajstić information content (AvgIpc) is 3.22. The van der Waals surface area contributed by atoms with E-state index in [1.54, 1.807) is 18.3 Å². The summed E-state index contributed by atoms with van der Waals surface area (Å²) in [5, 5.41) is 0.740. The lowest BCUT2D eigenvalue weighted by Crippen LogP contribution is -2.48. The summed E-state index contributed by atoms with van der Waals surface area (Å²) in [5.41, 5.74) is 1.60. The summed E-state index contributed by atoms with van der Waals surface area (Å²) >= 11 is 6.28. The number of aromatic nitrogens is 1. The van der Waals surface area contributed by atoms with Gasteiger partial charge in [-0.15, -0.1) is 0 Å². The summed E-state index contributed by atoms with van der Waals surface area (Å²) in [6.07, 6.45) is 2.52. The van der Waals surface area contributed by atoms with E-state index in [1.807, 2.05) is 29.2 Å². The molecule has 1 aromatic carbocycles. The smallest absolute Gasteiger partial charge is 0.255 e. The number of para-hydroxylation sites is 1. The number of rotatable bonds is 4. The lowest BCUT2D eigenvalue weighted by molar-refractivity contribution is 0.0746. The normalized spacial score (nSPS) is 20.0. The molecule has 2 aliphatic heterocycles. The molecule has 0 radical (unpaired) electrons. The van der Waals surface area contributed by atoms with E-state index in [9.17, 15) is 4.79 Å². The van der Waals surface area contributed by atoms with Gasteiger partial charge in [-0.25, -0.2) is 4.98 Å². The van der Waals surface area contributed by atoms with Crippen molar-refractivity contribution >= 4 is 23.2 Å². The fourth-order valence-electron chi connectivity index (χ4n) is 3.39. The molecular formula is C20H22ClN3O3. The molecule has 1 amide bonds. The van der Waals surface area contributed by atoms with Crippen LogP contribution in [0.5, 0.6) is 5.88 Å². The Kier molecular flexibility index (Phi) is 5.45. The summed E-state index contributed by atoms with van der Waals surface area (Å²) < 4.78 is 11.0. The first-order chi connectivity index (χ1) is 13.2. The summed E-state index contributed by atoms with van der Waals surface area (Å²) in [4.78, 5) is 21.1. The van der Waals surface area contributed by atoms with Gasteiger partial charge in [0.2, 0.25) is 5.88 Å². The van der Waals surface area contributed by atoms with Gasteiger partial charge in [-0.3, -0.25) is 4.79 Å². The van der Waals surface area contributed by atoms with Crippen LogP contribution in [0.2, 0.25) is 5.02 Å². The number of hydrogen-bond donors (Lipinski definition) is 0. The number of anilines is 1. The van der Waals surface area contributed by atoms with Crippen LogP contribution in [0.15, 0.2) is 42.6 Å². The van der Waals surface area contributed by atoms with E-state index in [4.69, 9.17) is 21.1 Å². The molecule has 0 aliphatic carbocycles. The van der Waals surface area contributed by atoms with Crippen LogP contribution >= 0.6 is 11.6 Å². The predicted molar refractivity (Wildman–Crippen MR) is 104 cm³/mol. The molecule has 142 valence electrons. The largest absolute Gasteiger partial charge is 0.472 e. The summed E-state index contributed by atoms with van der Waals surface area (Å²) in [5.74, 6) is 0.530. The van der Waals surface area contributed by atoms with E-state index in [-0.39, 0.29) is 12.0 Å². The molecule has 1 atom stereocenters. The van der Waals surface area contributed by atoms with Gasteiger partial charge in [-0.1, -0.05) is 23.7 Å². The highest BCUT2D eigenvalue weighted by atomic mass is 35.5. The number of nitrogens with zero attached hydrogens (tertiary/aromatic N) is 3. The van der Waals surface area contributed by atoms with Gasteiger partial charge in [0.1, 0.15) is 6.10 Å². The van der Waals surface area contributed by atoms with Gasteiger partial charge in [0.05, 0.1) is 29.5 Å². The van der Waals surface area contributed by atoms with Crippen molar-refractivity contribution in [3.8, 4) is 5.88 Å². The van der Waals surface area contributed by atoms with E-state index >= 15 is 0 Å². The van der Waals surface area contributed by atoms with E-state index in [2.05, 4.69) is 9.88 Å². The molecule has 3 heterocycles. The number of hydrogen-bond acceptors (Lipinski definition) is 5. The summed E-state index contributed by atoms with van der Waals surface area (Å²) in [6, 6.07) is 11.3. The minimum absolute atomic E-state index is 0.00272. The van der Waals surface area contributed by atoms with Gasteiger partial charge < -0.3 is 19.3 Å². The summed E-state index contributed by atoms with van der Waals surface area (Å²) in [7, 11) is 0. The van der Waals surface area contributed by atoms with Crippen molar-refractivity contribution in [1.82, 2.24) is 9.88 Å². The second kappa shape index (κ2) is 8.15. The van der Waals surface area contributed by atoms with Crippen LogP contribution in [-0.2, 0) is 4.74 Å². The minimum atomic E-state index is -0.00272. The number of halogens is 1. The highest BCUT2D eigenvalue weighted by Gasteiger charge is 2.24. The van der Waals surface area contributed by atoms with E-state index in [0.29, 0.717) is 31.1 Å². The van der Waals surface area contributed by atoms with Crippen LogP contribution < -0.4 is 9.64 Å². The maximum Gasteiger partial charge on any atom is 0.255 e. The molecule has 0 saturated carbocycles. The lowest BCUT2D eigenvalue weighted by atomic mass is 10.2. The van der Waals surface area contributed by atoms with Crippen molar-refractivity contribution in [1.29, 1.82) is 0 Å². The first-order valence-corrected chi connectivity index (χ1v) is 9.58. The topological polar surface area (TPSA) is 54.9 Å².